The second kappa shape index (κ2) is 13.3. The third-order valence-electron chi connectivity index (χ3n) is 7.63. The molecular weight excluding hydrogens is 455 g/mol. The van der Waals surface area contributed by atoms with Crippen LogP contribution in [0.5, 0.6) is 0 Å². The van der Waals surface area contributed by atoms with Gasteiger partial charge in [-0.1, -0.05) is 22.9 Å². The maximum atomic E-state index is 13.5. The van der Waals surface area contributed by atoms with Crippen molar-refractivity contribution < 1.29 is 9.13 Å². The molecule has 0 radical (unpaired) electrons. The Balaban J connectivity index is 1.29. The van der Waals surface area contributed by atoms with Crippen molar-refractivity contribution in [3.8, 4) is 0 Å². The van der Waals surface area contributed by atoms with Gasteiger partial charge in [0.15, 0.2) is 0 Å². The van der Waals surface area contributed by atoms with Crippen molar-refractivity contribution >= 4 is 15.9 Å². The van der Waals surface area contributed by atoms with E-state index in [0.717, 1.165) is 48.1 Å². The number of ether oxygens (including phenoxy) is 1. The molecule has 0 N–H and O–H groups in total. The minimum Gasteiger partial charge on any atom is -0.383 e. The quantitative estimate of drug-likeness (QED) is 0.365. The lowest BCUT2D eigenvalue weighted by Crippen LogP contribution is -2.40. The first kappa shape index (κ1) is 25.1. The van der Waals surface area contributed by atoms with Crippen molar-refractivity contribution in [2.24, 2.45) is 11.8 Å². The van der Waals surface area contributed by atoms with Gasteiger partial charge in [0.1, 0.15) is 5.82 Å². The fraction of sp³-hybridized carbons (Fsp3) is 0.769. The number of methoxy groups -OCH3 is 1. The van der Waals surface area contributed by atoms with Gasteiger partial charge < -0.3 is 9.64 Å². The summed E-state index contributed by atoms with van der Waals surface area (Å²) in [6.07, 6.45) is 11.7. The van der Waals surface area contributed by atoms with Gasteiger partial charge in [0.05, 0.1) is 6.61 Å². The number of hydrogen-bond donors (Lipinski definition) is 0. The van der Waals surface area contributed by atoms with E-state index in [-0.39, 0.29) is 5.82 Å². The van der Waals surface area contributed by atoms with E-state index < -0.39 is 0 Å². The molecule has 3 nitrogen and oxygen atoms in total. The summed E-state index contributed by atoms with van der Waals surface area (Å²) >= 11 is 3.58. The predicted octanol–water partition coefficient (Wildman–Crippen LogP) is 6.15. The number of nitrogens with zero attached hydrogens (tertiary/aromatic N) is 2. The van der Waals surface area contributed by atoms with Gasteiger partial charge in [0, 0.05) is 24.2 Å². The summed E-state index contributed by atoms with van der Waals surface area (Å²) < 4.78 is 19.9. The molecule has 0 aromatic heterocycles. The first-order chi connectivity index (χ1) is 15.1. The predicted molar refractivity (Wildman–Crippen MR) is 131 cm³/mol. The summed E-state index contributed by atoms with van der Waals surface area (Å²) in [4.78, 5) is 5.28. The van der Waals surface area contributed by atoms with E-state index >= 15 is 0 Å². The molecule has 0 amide bonds. The largest absolute Gasteiger partial charge is 0.383 e. The Morgan fingerprint density at radius 1 is 1.10 bits per heavy atom. The van der Waals surface area contributed by atoms with Crippen molar-refractivity contribution in [3.05, 3.63) is 34.1 Å². The van der Waals surface area contributed by atoms with Gasteiger partial charge in [-0.05, 0) is 120 Å². The van der Waals surface area contributed by atoms with Gasteiger partial charge in [-0.3, -0.25) is 4.90 Å². The third kappa shape index (κ3) is 8.10. The Kier molecular flexibility index (Phi) is 10.8. The Labute approximate surface area is 197 Å². The summed E-state index contributed by atoms with van der Waals surface area (Å²) in [6.45, 7) is 9.01. The molecule has 0 unspecified atom stereocenters. The summed E-state index contributed by atoms with van der Waals surface area (Å²) in [7, 11) is 1.80. The zero-order valence-corrected chi connectivity index (χ0v) is 21.2. The molecule has 0 atom stereocenters. The molecule has 1 aliphatic heterocycles. The second-order valence-corrected chi connectivity index (χ2v) is 10.5. The van der Waals surface area contributed by atoms with Crippen LogP contribution in [-0.4, -0.2) is 62.3 Å². The first-order valence-electron chi connectivity index (χ1n) is 12.5. The van der Waals surface area contributed by atoms with Gasteiger partial charge in [-0.2, -0.15) is 0 Å². The number of benzene rings is 1. The van der Waals surface area contributed by atoms with E-state index in [1.54, 1.807) is 13.2 Å². The van der Waals surface area contributed by atoms with Crippen molar-refractivity contribution in [1.29, 1.82) is 0 Å². The minimum absolute atomic E-state index is 0.123. The molecule has 1 heterocycles. The molecule has 2 aliphatic rings. The van der Waals surface area contributed by atoms with Crippen LogP contribution < -0.4 is 0 Å². The maximum absolute atomic E-state index is 13.5. The van der Waals surface area contributed by atoms with E-state index in [1.807, 2.05) is 6.07 Å². The van der Waals surface area contributed by atoms with Crippen LogP contribution in [0, 0.1) is 17.7 Å². The summed E-state index contributed by atoms with van der Waals surface area (Å²) in [5, 5.41) is 0. The van der Waals surface area contributed by atoms with Crippen LogP contribution in [0.3, 0.4) is 0 Å². The van der Waals surface area contributed by atoms with Gasteiger partial charge in [-0.15, -0.1) is 0 Å². The van der Waals surface area contributed by atoms with Crippen molar-refractivity contribution in [3.63, 3.8) is 0 Å². The number of hydrogen-bond acceptors (Lipinski definition) is 3. The molecule has 1 aromatic carbocycles. The van der Waals surface area contributed by atoms with Crippen LogP contribution >= 0.6 is 15.9 Å². The maximum Gasteiger partial charge on any atom is 0.123 e. The zero-order valence-electron chi connectivity index (χ0n) is 19.6. The number of rotatable bonds is 11. The highest BCUT2D eigenvalue weighted by Gasteiger charge is 2.25. The lowest BCUT2D eigenvalue weighted by molar-refractivity contribution is 0.0947. The Hall–Kier alpha value is -0.490. The van der Waals surface area contributed by atoms with Gasteiger partial charge in [0.2, 0.25) is 0 Å². The van der Waals surface area contributed by atoms with E-state index in [2.05, 4.69) is 32.7 Å². The summed E-state index contributed by atoms with van der Waals surface area (Å²) in [5.74, 6) is 1.49. The lowest BCUT2D eigenvalue weighted by atomic mass is 9.82. The van der Waals surface area contributed by atoms with E-state index in [0.29, 0.717) is 5.92 Å². The van der Waals surface area contributed by atoms with Crippen LogP contribution in [-0.2, 0) is 11.2 Å². The Bertz CT molecular complexity index is 642. The highest BCUT2D eigenvalue weighted by Crippen LogP contribution is 2.31. The Morgan fingerprint density at radius 2 is 1.84 bits per heavy atom. The van der Waals surface area contributed by atoms with Crippen molar-refractivity contribution in [1.82, 2.24) is 9.80 Å². The van der Waals surface area contributed by atoms with Gasteiger partial charge in [0.25, 0.3) is 0 Å². The SMILES string of the molecule is CCN(CCOC)C1CCC(CCCN2CCC(Cc3cc(F)ccc3Br)CC2)CC1. The lowest BCUT2D eigenvalue weighted by Gasteiger charge is -2.37. The van der Waals surface area contributed by atoms with E-state index in [9.17, 15) is 4.39 Å². The van der Waals surface area contributed by atoms with Gasteiger partial charge in [-0.25, -0.2) is 4.39 Å². The molecule has 1 aliphatic carbocycles. The normalized spacial score (nSPS) is 23.5. The number of halogens is 2. The van der Waals surface area contributed by atoms with E-state index in [4.69, 9.17) is 4.74 Å². The van der Waals surface area contributed by atoms with Crippen molar-refractivity contribution in [2.45, 2.75) is 70.8 Å². The average Bonchev–Trinajstić information content (AvgIpc) is 2.79. The molecule has 2 fully saturated rings. The van der Waals surface area contributed by atoms with Crippen LogP contribution in [0.1, 0.15) is 63.9 Å². The fourth-order valence-electron chi connectivity index (χ4n) is 5.63. The highest BCUT2D eigenvalue weighted by atomic mass is 79.9. The number of likely N-dealkylation sites (N-methyl/N-ethyl adjacent to an activating group) is 1. The molecule has 5 heteroatoms. The van der Waals surface area contributed by atoms with Crippen LogP contribution in [0.4, 0.5) is 4.39 Å². The topological polar surface area (TPSA) is 15.7 Å². The molecule has 1 saturated carbocycles. The second-order valence-electron chi connectivity index (χ2n) is 9.66. The first-order valence-corrected chi connectivity index (χ1v) is 13.3. The smallest absolute Gasteiger partial charge is 0.123 e. The molecule has 31 heavy (non-hydrogen) atoms. The summed E-state index contributed by atoms with van der Waals surface area (Å²) in [6, 6.07) is 5.84. The molecular formula is C26H42BrFN2O. The van der Waals surface area contributed by atoms with Gasteiger partial charge >= 0.3 is 0 Å². The molecule has 1 aromatic rings. The average molecular weight is 498 g/mol. The standard InChI is InChI=1S/C26H42BrFN2O/c1-3-30(17-18-31-2)25-9-6-21(7-10-25)5-4-14-29-15-12-22(13-16-29)19-23-20-24(28)8-11-26(23)27/h8,11,20-22,25H,3-7,9-10,12-19H2,1-2H3. The molecule has 3 rings (SSSR count). The molecule has 1 saturated heterocycles. The fourth-order valence-corrected chi connectivity index (χ4v) is 6.04. The van der Waals surface area contributed by atoms with Crippen molar-refractivity contribution in [2.75, 3.05) is 46.4 Å². The summed E-state index contributed by atoms with van der Waals surface area (Å²) in [5.41, 5.74) is 1.12. The van der Waals surface area contributed by atoms with Crippen LogP contribution in [0.25, 0.3) is 0 Å². The molecule has 0 bridgehead atoms. The third-order valence-corrected chi connectivity index (χ3v) is 8.41. The van der Waals surface area contributed by atoms with E-state index in [1.165, 1.54) is 77.1 Å². The molecule has 0 spiro atoms. The highest BCUT2D eigenvalue weighted by molar-refractivity contribution is 9.10. The monoisotopic (exact) mass is 496 g/mol. The van der Waals surface area contributed by atoms with Crippen LogP contribution in [0.15, 0.2) is 22.7 Å². The molecule has 176 valence electrons. The zero-order chi connectivity index (χ0) is 22.1. The minimum atomic E-state index is -0.123. The number of likely N-dealkylation sites (tertiary alicyclic amines) is 1. The van der Waals surface area contributed by atoms with Crippen LogP contribution in [0.2, 0.25) is 0 Å². The Morgan fingerprint density at radius 3 is 2.52 bits per heavy atom. The number of piperidine rings is 1.